The number of pyridine rings is 1. The normalized spacial score (nSPS) is 18.4. The van der Waals surface area contributed by atoms with Gasteiger partial charge in [-0.15, -0.1) is 0 Å². The van der Waals surface area contributed by atoms with Crippen molar-refractivity contribution in [3.05, 3.63) is 78.1 Å². The lowest BCUT2D eigenvalue weighted by molar-refractivity contribution is -0.688. The largest absolute Gasteiger partial charge is 0.200 e. The van der Waals surface area contributed by atoms with Crippen molar-refractivity contribution in [2.75, 3.05) is 0 Å². The summed E-state index contributed by atoms with van der Waals surface area (Å²) in [6.07, 6.45) is 13.0. The Hall–Kier alpha value is -1.89. The van der Waals surface area contributed by atoms with Crippen LogP contribution in [0.15, 0.2) is 67.0 Å². The summed E-state index contributed by atoms with van der Waals surface area (Å²) < 4.78 is 2.28. The third kappa shape index (κ3) is 3.11. The summed E-state index contributed by atoms with van der Waals surface area (Å²) in [5.74, 6) is 0.608. The summed E-state index contributed by atoms with van der Waals surface area (Å²) in [6.45, 7) is 0.950. The lowest BCUT2D eigenvalue weighted by Crippen LogP contribution is -2.34. The van der Waals surface area contributed by atoms with Crippen molar-refractivity contribution >= 4 is 0 Å². The lowest BCUT2D eigenvalue weighted by atomic mass is 9.90. The molecule has 0 amide bonds. The van der Waals surface area contributed by atoms with Crippen LogP contribution in [0.5, 0.6) is 0 Å². The molecule has 0 aliphatic heterocycles. The predicted molar refractivity (Wildman–Crippen MR) is 77.9 cm³/mol. The highest BCUT2D eigenvalue weighted by atomic mass is 14.9. The summed E-state index contributed by atoms with van der Waals surface area (Å²) in [7, 11) is 0. The minimum atomic E-state index is 0.608. The van der Waals surface area contributed by atoms with Gasteiger partial charge in [-0.05, 0) is 25.3 Å². The van der Waals surface area contributed by atoms with E-state index in [0.29, 0.717) is 5.92 Å². The number of hydrogen-bond donors (Lipinski definition) is 0. The minimum Gasteiger partial charge on any atom is -0.200 e. The van der Waals surface area contributed by atoms with E-state index in [0.717, 1.165) is 6.54 Å². The molecule has 3 rings (SSSR count). The summed E-state index contributed by atoms with van der Waals surface area (Å²) in [5.41, 5.74) is 2.79. The summed E-state index contributed by atoms with van der Waals surface area (Å²) in [4.78, 5) is 0. The van der Waals surface area contributed by atoms with E-state index in [4.69, 9.17) is 0 Å². The Morgan fingerprint density at radius 1 is 1.05 bits per heavy atom. The average molecular weight is 250 g/mol. The maximum absolute atomic E-state index is 2.37. The predicted octanol–water partition coefficient (Wildman–Crippen LogP) is 3.85. The molecule has 1 aliphatic rings. The quantitative estimate of drug-likeness (QED) is 0.575. The van der Waals surface area contributed by atoms with Crippen LogP contribution in [-0.2, 0) is 6.54 Å². The second-order valence-electron chi connectivity index (χ2n) is 5.26. The SMILES string of the molecule is C1=CC(c2ccc[n+](Cc3ccccc3)c2)CCC1. The monoisotopic (exact) mass is 250 g/mol. The van der Waals surface area contributed by atoms with Gasteiger partial charge in [0, 0.05) is 23.1 Å². The Balaban J connectivity index is 1.80. The standard InChI is InChI=1S/C18H20N/c1-3-8-16(9-4-1)14-19-13-7-12-18(15-19)17-10-5-2-6-11-17/h1,3-5,7-10,12-13,15,17H,2,6,11,14H2/q+1. The molecule has 0 spiro atoms. The van der Waals surface area contributed by atoms with Crippen molar-refractivity contribution in [1.82, 2.24) is 0 Å². The molecule has 0 N–H and O–H groups in total. The molecule has 1 aliphatic carbocycles. The molecule has 1 aromatic heterocycles. The Labute approximate surface area is 115 Å². The highest BCUT2D eigenvalue weighted by Gasteiger charge is 2.14. The maximum atomic E-state index is 2.37. The molecule has 1 heteroatoms. The fourth-order valence-corrected chi connectivity index (χ4v) is 2.74. The molecule has 1 heterocycles. The maximum Gasteiger partial charge on any atom is 0.173 e. The van der Waals surface area contributed by atoms with Crippen LogP contribution in [0.3, 0.4) is 0 Å². The van der Waals surface area contributed by atoms with E-state index in [2.05, 4.69) is 71.6 Å². The first-order chi connectivity index (χ1) is 9.42. The molecule has 0 fully saturated rings. The number of allylic oxidation sites excluding steroid dienone is 2. The first kappa shape index (κ1) is 12.2. The third-order valence-corrected chi connectivity index (χ3v) is 3.77. The number of nitrogens with zero attached hydrogens (tertiary/aromatic N) is 1. The molecular weight excluding hydrogens is 230 g/mol. The first-order valence-corrected chi connectivity index (χ1v) is 7.11. The highest BCUT2D eigenvalue weighted by Crippen LogP contribution is 2.26. The smallest absolute Gasteiger partial charge is 0.173 e. The van der Waals surface area contributed by atoms with E-state index in [1.54, 1.807) is 0 Å². The van der Waals surface area contributed by atoms with Crippen LogP contribution in [0.25, 0.3) is 0 Å². The van der Waals surface area contributed by atoms with Crippen molar-refractivity contribution < 1.29 is 4.57 Å². The summed E-state index contributed by atoms with van der Waals surface area (Å²) in [6, 6.07) is 15.0. The van der Waals surface area contributed by atoms with Crippen molar-refractivity contribution in [3.8, 4) is 0 Å². The van der Waals surface area contributed by atoms with Gasteiger partial charge in [-0.25, -0.2) is 4.57 Å². The van der Waals surface area contributed by atoms with E-state index in [1.165, 1.54) is 30.4 Å². The molecule has 0 bridgehead atoms. The molecule has 19 heavy (non-hydrogen) atoms. The van der Waals surface area contributed by atoms with E-state index < -0.39 is 0 Å². The van der Waals surface area contributed by atoms with Gasteiger partial charge < -0.3 is 0 Å². The van der Waals surface area contributed by atoms with Crippen molar-refractivity contribution in [1.29, 1.82) is 0 Å². The van der Waals surface area contributed by atoms with E-state index in [1.807, 2.05) is 0 Å². The molecule has 0 saturated heterocycles. The van der Waals surface area contributed by atoms with Crippen LogP contribution in [-0.4, -0.2) is 0 Å². The van der Waals surface area contributed by atoms with Gasteiger partial charge in [-0.3, -0.25) is 0 Å². The first-order valence-electron chi connectivity index (χ1n) is 7.11. The van der Waals surface area contributed by atoms with E-state index >= 15 is 0 Å². The van der Waals surface area contributed by atoms with Crippen LogP contribution in [0.2, 0.25) is 0 Å². The lowest BCUT2D eigenvalue weighted by Gasteiger charge is -2.15. The Morgan fingerprint density at radius 3 is 2.74 bits per heavy atom. The summed E-state index contributed by atoms with van der Waals surface area (Å²) >= 11 is 0. The highest BCUT2D eigenvalue weighted by molar-refractivity contribution is 5.20. The molecular formula is C18H20N+. The van der Waals surface area contributed by atoms with Crippen molar-refractivity contribution in [3.63, 3.8) is 0 Å². The van der Waals surface area contributed by atoms with Gasteiger partial charge in [0.05, 0.1) is 0 Å². The molecule has 2 aromatic rings. The molecule has 1 atom stereocenters. The molecule has 0 radical (unpaired) electrons. The fourth-order valence-electron chi connectivity index (χ4n) is 2.74. The number of benzene rings is 1. The Kier molecular flexibility index (Phi) is 3.73. The van der Waals surface area contributed by atoms with Gasteiger partial charge in [0.1, 0.15) is 0 Å². The van der Waals surface area contributed by atoms with Crippen LogP contribution in [0.4, 0.5) is 0 Å². The summed E-state index contributed by atoms with van der Waals surface area (Å²) in [5, 5.41) is 0. The van der Waals surface area contributed by atoms with Gasteiger partial charge >= 0.3 is 0 Å². The molecule has 1 unspecified atom stereocenters. The average Bonchev–Trinajstić information content (AvgIpc) is 2.49. The topological polar surface area (TPSA) is 3.88 Å². The van der Waals surface area contributed by atoms with Gasteiger partial charge in [-0.2, -0.15) is 0 Å². The zero-order valence-electron chi connectivity index (χ0n) is 11.2. The fraction of sp³-hybridized carbons (Fsp3) is 0.278. The number of aromatic nitrogens is 1. The van der Waals surface area contributed by atoms with Gasteiger partial charge in [-0.1, -0.05) is 42.5 Å². The minimum absolute atomic E-state index is 0.608. The van der Waals surface area contributed by atoms with Gasteiger partial charge in [0.2, 0.25) is 0 Å². The number of hydrogen-bond acceptors (Lipinski definition) is 0. The molecule has 96 valence electrons. The second kappa shape index (κ2) is 5.83. The van der Waals surface area contributed by atoms with Gasteiger partial charge in [0.15, 0.2) is 18.9 Å². The zero-order chi connectivity index (χ0) is 12.9. The van der Waals surface area contributed by atoms with Crippen molar-refractivity contribution in [2.24, 2.45) is 0 Å². The molecule has 0 saturated carbocycles. The molecule has 1 nitrogen and oxygen atoms in total. The van der Waals surface area contributed by atoms with Crippen LogP contribution >= 0.6 is 0 Å². The zero-order valence-corrected chi connectivity index (χ0v) is 11.2. The third-order valence-electron chi connectivity index (χ3n) is 3.77. The Morgan fingerprint density at radius 2 is 1.95 bits per heavy atom. The van der Waals surface area contributed by atoms with Crippen LogP contribution < -0.4 is 4.57 Å². The van der Waals surface area contributed by atoms with Crippen molar-refractivity contribution in [2.45, 2.75) is 31.7 Å². The number of rotatable bonds is 3. The van der Waals surface area contributed by atoms with Crippen LogP contribution in [0.1, 0.15) is 36.3 Å². The van der Waals surface area contributed by atoms with Crippen LogP contribution in [0, 0.1) is 0 Å². The molecule has 1 aromatic carbocycles. The second-order valence-corrected chi connectivity index (χ2v) is 5.26. The van der Waals surface area contributed by atoms with Gasteiger partial charge in [0.25, 0.3) is 0 Å². The van der Waals surface area contributed by atoms with E-state index in [-0.39, 0.29) is 0 Å². The van der Waals surface area contributed by atoms with E-state index in [9.17, 15) is 0 Å². The Bertz CT molecular complexity index is 557.